The molecular formula is C16H22N2O. The second kappa shape index (κ2) is 7.16. The molecule has 2 unspecified atom stereocenters. The van der Waals surface area contributed by atoms with Crippen molar-refractivity contribution < 1.29 is 4.74 Å². The van der Waals surface area contributed by atoms with Crippen molar-refractivity contribution in [2.45, 2.75) is 45.2 Å². The van der Waals surface area contributed by atoms with Gasteiger partial charge in [0, 0.05) is 12.6 Å². The SMILES string of the molecule is CC1CCCCC1NCc1cccc(OCC#N)c1. The standard InChI is InChI=1S/C16H22N2O/c1-13-5-2-3-8-16(13)18-12-14-6-4-7-15(11-14)19-10-9-17/h4,6-7,11,13,16,18H,2-3,5,8,10,12H2,1H3. The number of rotatable bonds is 5. The monoisotopic (exact) mass is 258 g/mol. The van der Waals surface area contributed by atoms with Crippen LogP contribution in [0.1, 0.15) is 38.2 Å². The number of hydrogen-bond acceptors (Lipinski definition) is 3. The van der Waals surface area contributed by atoms with Crippen LogP contribution in [0.25, 0.3) is 0 Å². The Labute approximate surface area is 115 Å². The van der Waals surface area contributed by atoms with Crippen molar-refractivity contribution in [3.05, 3.63) is 29.8 Å². The fourth-order valence-electron chi connectivity index (χ4n) is 2.73. The quantitative estimate of drug-likeness (QED) is 0.881. The van der Waals surface area contributed by atoms with Crippen LogP contribution < -0.4 is 10.1 Å². The van der Waals surface area contributed by atoms with Gasteiger partial charge >= 0.3 is 0 Å². The predicted octanol–water partition coefficient (Wildman–Crippen LogP) is 3.26. The first-order valence-corrected chi connectivity index (χ1v) is 7.11. The van der Waals surface area contributed by atoms with Crippen LogP contribution in [-0.2, 0) is 6.54 Å². The van der Waals surface area contributed by atoms with Gasteiger partial charge in [-0.2, -0.15) is 5.26 Å². The van der Waals surface area contributed by atoms with Gasteiger partial charge in [-0.1, -0.05) is 31.9 Å². The maximum absolute atomic E-state index is 8.51. The van der Waals surface area contributed by atoms with Gasteiger partial charge in [0.1, 0.15) is 11.8 Å². The predicted molar refractivity (Wildman–Crippen MR) is 75.8 cm³/mol. The summed E-state index contributed by atoms with van der Waals surface area (Å²) in [5.74, 6) is 1.55. The third-order valence-corrected chi connectivity index (χ3v) is 3.88. The van der Waals surface area contributed by atoms with Crippen LogP contribution in [0.15, 0.2) is 24.3 Å². The van der Waals surface area contributed by atoms with E-state index in [1.807, 2.05) is 24.3 Å². The number of hydrogen-bond donors (Lipinski definition) is 1. The zero-order valence-corrected chi connectivity index (χ0v) is 11.6. The summed E-state index contributed by atoms with van der Waals surface area (Å²) in [5, 5.41) is 12.2. The highest BCUT2D eigenvalue weighted by atomic mass is 16.5. The van der Waals surface area contributed by atoms with Crippen LogP contribution in [0.2, 0.25) is 0 Å². The molecule has 1 N–H and O–H groups in total. The lowest BCUT2D eigenvalue weighted by molar-refractivity contribution is 0.279. The Hall–Kier alpha value is -1.53. The Balaban J connectivity index is 1.86. The first-order valence-electron chi connectivity index (χ1n) is 7.11. The number of nitrogens with one attached hydrogen (secondary N) is 1. The first kappa shape index (κ1) is 13.9. The Morgan fingerprint density at radius 1 is 1.37 bits per heavy atom. The molecule has 1 saturated carbocycles. The Morgan fingerprint density at radius 3 is 3.00 bits per heavy atom. The molecule has 102 valence electrons. The van der Waals surface area contributed by atoms with Crippen molar-refractivity contribution in [3.8, 4) is 11.8 Å². The average Bonchev–Trinajstić information content (AvgIpc) is 2.45. The van der Waals surface area contributed by atoms with Crippen molar-refractivity contribution in [2.24, 2.45) is 5.92 Å². The summed E-state index contributed by atoms with van der Waals surface area (Å²) >= 11 is 0. The highest BCUT2D eigenvalue weighted by molar-refractivity contribution is 5.28. The van der Waals surface area contributed by atoms with Crippen LogP contribution in [0.3, 0.4) is 0 Å². The molecule has 3 nitrogen and oxygen atoms in total. The fraction of sp³-hybridized carbons (Fsp3) is 0.562. The van der Waals surface area contributed by atoms with Gasteiger partial charge in [0.05, 0.1) is 0 Å². The van der Waals surface area contributed by atoms with Gasteiger partial charge in [-0.3, -0.25) is 0 Å². The van der Waals surface area contributed by atoms with Crippen molar-refractivity contribution in [3.63, 3.8) is 0 Å². The van der Waals surface area contributed by atoms with Crippen molar-refractivity contribution in [2.75, 3.05) is 6.61 Å². The second-order valence-electron chi connectivity index (χ2n) is 5.34. The number of nitrogens with zero attached hydrogens (tertiary/aromatic N) is 1. The van der Waals surface area contributed by atoms with Crippen LogP contribution >= 0.6 is 0 Å². The molecule has 2 rings (SSSR count). The molecule has 0 spiro atoms. The van der Waals surface area contributed by atoms with Crippen LogP contribution in [-0.4, -0.2) is 12.6 Å². The summed E-state index contributed by atoms with van der Waals surface area (Å²) in [6, 6.07) is 10.6. The topological polar surface area (TPSA) is 45.0 Å². The maximum atomic E-state index is 8.51. The second-order valence-corrected chi connectivity index (χ2v) is 5.34. The van der Waals surface area contributed by atoms with E-state index < -0.39 is 0 Å². The molecule has 0 aromatic heterocycles. The van der Waals surface area contributed by atoms with Gasteiger partial charge in [-0.05, 0) is 36.5 Å². The lowest BCUT2D eigenvalue weighted by Crippen LogP contribution is -2.36. The van der Waals surface area contributed by atoms with Gasteiger partial charge in [-0.25, -0.2) is 0 Å². The van der Waals surface area contributed by atoms with Crippen molar-refractivity contribution in [1.29, 1.82) is 5.26 Å². The zero-order valence-electron chi connectivity index (χ0n) is 11.6. The fourth-order valence-corrected chi connectivity index (χ4v) is 2.73. The van der Waals surface area contributed by atoms with Crippen molar-refractivity contribution >= 4 is 0 Å². The molecule has 1 fully saturated rings. The highest BCUT2D eigenvalue weighted by Gasteiger charge is 2.20. The van der Waals surface area contributed by atoms with E-state index in [2.05, 4.69) is 18.3 Å². The number of ether oxygens (including phenoxy) is 1. The van der Waals surface area contributed by atoms with E-state index in [1.165, 1.54) is 31.2 Å². The minimum atomic E-state index is 0.108. The summed E-state index contributed by atoms with van der Waals surface area (Å²) in [7, 11) is 0. The molecule has 3 heteroatoms. The third-order valence-electron chi connectivity index (χ3n) is 3.88. The van der Waals surface area contributed by atoms with E-state index in [0.717, 1.165) is 18.2 Å². The maximum Gasteiger partial charge on any atom is 0.174 e. The van der Waals surface area contributed by atoms with E-state index in [0.29, 0.717) is 6.04 Å². The average molecular weight is 258 g/mol. The van der Waals surface area contributed by atoms with Gasteiger partial charge in [0.2, 0.25) is 0 Å². The molecule has 0 amide bonds. The molecule has 1 aliphatic rings. The van der Waals surface area contributed by atoms with E-state index in [4.69, 9.17) is 10.00 Å². The Kier molecular flexibility index (Phi) is 5.23. The van der Waals surface area contributed by atoms with Crippen LogP contribution in [0.5, 0.6) is 5.75 Å². The summed E-state index contributed by atoms with van der Waals surface area (Å²) in [6.45, 7) is 3.32. The molecule has 19 heavy (non-hydrogen) atoms. The molecule has 0 aliphatic heterocycles. The largest absolute Gasteiger partial charge is 0.479 e. The molecule has 0 bridgehead atoms. The number of nitriles is 1. The normalized spacial score (nSPS) is 22.7. The van der Waals surface area contributed by atoms with E-state index >= 15 is 0 Å². The summed E-state index contributed by atoms with van der Waals surface area (Å²) in [4.78, 5) is 0. The van der Waals surface area contributed by atoms with Gasteiger partial charge < -0.3 is 10.1 Å². The third kappa shape index (κ3) is 4.25. The lowest BCUT2D eigenvalue weighted by Gasteiger charge is -2.29. The molecule has 0 saturated heterocycles. The Bertz CT molecular complexity index is 439. The lowest BCUT2D eigenvalue weighted by atomic mass is 9.86. The van der Waals surface area contributed by atoms with Crippen LogP contribution in [0, 0.1) is 17.2 Å². The smallest absolute Gasteiger partial charge is 0.174 e. The molecule has 1 aliphatic carbocycles. The number of benzene rings is 1. The summed E-state index contributed by atoms with van der Waals surface area (Å²) in [5.41, 5.74) is 1.22. The zero-order chi connectivity index (χ0) is 13.5. The highest BCUT2D eigenvalue weighted by Crippen LogP contribution is 2.24. The van der Waals surface area contributed by atoms with Gasteiger partial charge in [-0.15, -0.1) is 0 Å². The summed E-state index contributed by atoms with van der Waals surface area (Å²) in [6.07, 6.45) is 5.33. The minimum Gasteiger partial charge on any atom is -0.479 e. The first-order chi connectivity index (χ1) is 9.29. The van der Waals surface area contributed by atoms with Crippen molar-refractivity contribution in [1.82, 2.24) is 5.32 Å². The Morgan fingerprint density at radius 2 is 2.21 bits per heavy atom. The van der Waals surface area contributed by atoms with Gasteiger partial charge in [0.25, 0.3) is 0 Å². The molecule has 0 heterocycles. The minimum absolute atomic E-state index is 0.108. The molecule has 0 radical (unpaired) electrons. The van der Waals surface area contributed by atoms with Gasteiger partial charge in [0.15, 0.2) is 6.61 Å². The molecule has 1 aromatic carbocycles. The van der Waals surface area contributed by atoms with E-state index in [9.17, 15) is 0 Å². The molecular weight excluding hydrogens is 236 g/mol. The molecule has 2 atom stereocenters. The van der Waals surface area contributed by atoms with E-state index in [1.54, 1.807) is 0 Å². The van der Waals surface area contributed by atoms with Crippen LogP contribution in [0.4, 0.5) is 0 Å². The molecule has 1 aromatic rings. The summed E-state index contributed by atoms with van der Waals surface area (Å²) < 4.78 is 5.32. The van der Waals surface area contributed by atoms with E-state index in [-0.39, 0.29) is 6.61 Å².